The van der Waals surface area contributed by atoms with Crippen LogP contribution in [0, 0.1) is 5.41 Å². The first-order valence-electron chi connectivity index (χ1n) is 12.0. The van der Waals surface area contributed by atoms with Gasteiger partial charge in [0, 0.05) is 44.0 Å². The SMILES string of the molecule is CC(=O)N[C@@H](CCC(=O)CC(=O)SCCNC(=O)CCNC(=O)[C@H](O)C(C)(C)COC(=O)[C@@H](N)CO)C(=O)O. The number of carboxylic acids is 1. The van der Waals surface area contributed by atoms with Crippen molar-refractivity contribution < 1.29 is 53.6 Å². The number of hydrogen-bond donors (Lipinski definition) is 7. The number of nitrogens with one attached hydrogen (secondary N) is 3. The number of ketones is 1. The lowest BCUT2D eigenvalue weighted by Gasteiger charge is -2.29. The average Bonchev–Trinajstić information content (AvgIpc) is 2.86. The predicted octanol–water partition coefficient (Wildman–Crippen LogP) is -2.55. The second-order valence-corrected chi connectivity index (χ2v) is 10.4. The second-order valence-electron chi connectivity index (χ2n) is 9.24. The maximum absolute atomic E-state index is 12.2. The number of thioether (sulfide) groups is 1. The van der Waals surface area contributed by atoms with Crippen molar-refractivity contribution in [3.8, 4) is 0 Å². The molecule has 0 rings (SSSR count). The summed E-state index contributed by atoms with van der Waals surface area (Å²) in [4.78, 5) is 81.5. The average molecular weight is 579 g/mol. The Kier molecular flexibility index (Phi) is 16.8. The lowest BCUT2D eigenvalue weighted by Crippen LogP contribution is -2.47. The van der Waals surface area contributed by atoms with E-state index in [-0.39, 0.29) is 44.7 Å². The number of ether oxygens (including phenoxy) is 1. The smallest absolute Gasteiger partial charge is 0.326 e. The van der Waals surface area contributed by atoms with Gasteiger partial charge >= 0.3 is 11.9 Å². The molecule has 39 heavy (non-hydrogen) atoms. The summed E-state index contributed by atoms with van der Waals surface area (Å²) in [5.74, 6) is -4.22. The molecule has 3 amide bonds. The Morgan fingerprint density at radius 1 is 1.03 bits per heavy atom. The van der Waals surface area contributed by atoms with Gasteiger partial charge in [-0.25, -0.2) is 4.79 Å². The first-order valence-corrected chi connectivity index (χ1v) is 13.0. The van der Waals surface area contributed by atoms with E-state index in [1.54, 1.807) is 0 Å². The highest BCUT2D eigenvalue weighted by Crippen LogP contribution is 2.21. The van der Waals surface area contributed by atoms with Crippen molar-refractivity contribution in [1.82, 2.24) is 16.0 Å². The molecule has 0 heterocycles. The van der Waals surface area contributed by atoms with Crippen molar-refractivity contribution in [3.05, 3.63) is 0 Å². The number of Topliss-reactive ketones (excluding diaryl/α,β-unsaturated/α-hetero) is 1. The molecule has 0 unspecified atom stereocenters. The van der Waals surface area contributed by atoms with Crippen LogP contribution in [-0.4, -0.2) is 106 Å². The van der Waals surface area contributed by atoms with E-state index < -0.39 is 77.2 Å². The van der Waals surface area contributed by atoms with Crippen LogP contribution >= 0.6 is 11.8 Å². The summed E-state index contributed by atoms with van der Waals surface area (Å²) >= 11 is 0.822. The van der Waals surface area contributed by atoms with E-state index in [1.807, 2.05) is 0 Å². The van der Waals surface area contributed by atoms with Crippen molar-refractivity contribution in [2.24, 2.45) is 11.1 Å². The fourth-order valence-corrected chi connectivity index (χ4v) is 3.52. The molecule has 3 atom stereocenters. The van der Waals surface area contributed by atoms with Gasteiger partial charge in [-0.15, -0.1) is 0 Å². The third-order valence-electron chi connectivity index (χ3n) is 5.14. The van der Waals surface area contributed by atoms with Crippen molar-refractivity contribution in [3.63, 3.8) is 0 Å². The quantitative estimate of drug-likeness (QED) is 0.0474. The number of aliphatic carboxylic acids is 1. The molecule has 0 aliphatic rings. The minimum absolute atomic E-state index is 0.0939. The molecule has 0 aromatic heterocycles. The zero-order valence-corrected chi connectivity index (χ0v) is 23.0. The van der Waals surface area contributed by atoms with Crippen LogP contribution in [0.15, 0.2) is 0 Å². The number of carbonyl (C=O) groups is 7. The van der Waals surface area contributed by atoms with Gasteiger partial charge in [-0.2, -0.15) is 0 Å². The molecule has 0 saturated heterocycles. The molecule has 15 nitrogen and oxygen atoms in total. The molecule has 0 aromatic rings. The van der Waals surface area contributed by atoms with E-state index in [0.29, 0.717) is 0 Å². The molecule has 0 aliphatic heterocycles. The van der Waals surface area contributed by atoms with Gasteiger partial charge in [0.1, 0.15) is 24.0 Å². The Bertz CT molecular complexity index is 897. The van der Waals surface area contributed by atoms with Crippen molar-refractivity contribution in [1.29, 1.82) is 0 Å². The van der Waals surface area contributed by atoms with E-state index in [1.165, 1.54) is 13.8 Å². The lowest BCUT2D eigenvalue weighted by atomic mass is 9.87. The summed E-state index contributed by atoms with van der Waals surface area (Å²) in [6.07, 6.45) is -2.43. The maximum atomic E-state index is 12.2. The summed E-state index contributed by atoms with van der Waals surface area (Å²) in [6, 6.07) is -2.45. The van der Waals surface area contributed by atoms with Gasteiger partial charge < -0.3 is 41.7 Å². The monoisotopic (exact) mass is 578 g/mol. The molecule has 0 radical (unpaired) electrons. The van der Waals surface area contributed by atoms with Gasteiger partial charge in [-0.1, -0.05) is 25.6 Å². The first kappa shape index (κ1) is 35.9. The molecule has 222 valence electrons. The molecule has 0 aromatic carbocycles. The largest absolute Gasteiger partial charge is 0.480 e. The number of carboxylic acid groups (broad SMARTS) is 1. The minimum atomic E-state index is -1.57. The highest BCUT2D eigenvalue weighted by atomic mass is 32.2. The Hall–Kier alpha value is -3.08. The van der Waals surface area contributed by atoms with Crippen LogP contribution in [-0.2, 0) is 38.3 Å². The molecule has 0 saturated carbocycles. The fraction of sp³-hybridized carbons (Fsp3) is 0.696. The van der Waals surface area contributed by atoms with Crippen LogP contribution in [0.2, 0.25) is 0 Å². The highest BCUT2D eigenvalue weighted by molar-refractivity contribution is 8.13. The van der Waals surface area contributed by atoms with Gasteiger partial charge in [0.25, 0.3) is 0 Å². The number of esters is 1. The van der Waals surface area contributed by atoms with Crippen LogP contribution in [0.1, 0.15) is 46.5 Å². The Labute approximate surface area is 230 Å². The number of aliphatic hydroxyl groups excluding tert-OH is 2. The van der Waals surface area contributed by atoms with Crippen molar-refractivity contribution in [2.75, 3.05) is 32.1 Å². The number of carbonyl (C=O) groups excluding carboxylic acids is 6. The third-order valence-corrected chi connectivity index (χ3v) is 6.02. The van der Waals surface area contributed by atoms with Crippen molar-refractivity contribution in [2.45, 2.75) is 64.6 Å². The maximum Gasteiger partial charge on any atom is 0.326 e. The van der Waals surface area contributed by atoms with E-state index in [4.69, 9.17) is 20.7 Å². The Morgan fingerprint density at radius 3 is 2.23 bits per heavy atom. The molecule has 0 bridgehead atoms. The van der Waals surface area contributed by atoms with Crippen LogP contribution in [0.4, 0.5) is 0 Å². The van der Waals surface area contributed by atoms with Gasteiger partial charge in [0.2, 0.25) is 17.7 Å². The topological polar surface area (TPSA) is 252 Å². The molecule has 16 heteroatoms. The number of hydrogen-bond acceptors (Lipinski definition) is 12. The van der Waals surface area contributed by atoms with Gasteiger partial charge in [-0.05, 0) is 6.42 Å². The molecular weight excluding hydrogens is 540 g/mol. The van der Waals surface area contributed by atoms with Crippen molar-refractivity contribution >= 4 is 52.3 Å². The van der Waals surface area contributed by atoms with Crippen LogP contribution < -0.4 is 21.7 Å². The molecule has 0 aliphatic carbocycles. The predicted molar refractivity (Wildman–Crippen MR) is 138 cm³/mol. The van der Waals surface area contributed by atoms with Gasteiger partial charge in [0.15, 0.2) is 5.12 Å². The van der Waals surface area contributed by atoms with E-state index in [2.05, 4.69) is 16.0 Å². The first-order chi connectivity index (χ1) is 18.1. The summed E-state index contributed by atoms with van der Waals surface area (Å²) in [5, 5.41) is 34.8. The third kappa shape index (κ3) is 15.8. The molecule has 0 fully saturated rings. The Balaban J connectivity index is 4.19. The minimum Gasteiger partial charge on any atom is -0.480 e. The summed E-state index contributed by atoms with van der Waals surface area (Å²) in [5.41, 5.74) is 4.16. The van der Waals surface area contributed by atoms with E-state index in [0.717, 1.165) is 18.7 Å². The fourth-order valence-electron chi connectivity index (χ4n) is 2.82. The number of rotatable bonds is 19. The summed E-state index contributed by atoms with van der Waals surface area (Å²) < 4.78 is 4.90. The highest BCUT2D eigenvalue weighted by Gasteiger charge is 2.35. The summed E-state index contributed by atoms with van der Waals surface area (Å²) in [6.45, 7) is 3.18. The molecular formula is C23H38N4O11S. The second kappa shape index (κ2) is 18.3. The van der Waals surface area contributed by atoms with Crippen LogP contribution in [0.5, 0.6) is 0 Å². The summed E-state index contributed by atoms with van der Waals surface area (Å²) in [7, 11) is 0. The number of amides is 3. The standard InChI is InChI=1S/C23H38N4O11S/c1-13(29)27-16(21(35)36)5-4-14(30)10-18(32)39-9-8-25-17(31)6-7-26-20(34)19(33)23(2,3)12-38-22(37)15(24)11-28/h15-16,19,28,33H,4-12,24H2,1-3H3,(H,25,31)(H,26,34)(H,27,29)(H,35,36)/t15-,16-,19-/m0/s1. The van der Waals surface area contributed by atoms with Crippen LogP contribution in [0.25, 0.3) is 0 Å². The number of aliphatic hydroxyl groups is 2. The van der Waals surface area contributed by atoms with Crippen LogP contribution in [0.3, 0.4) is 0 Å². The van der Waals surface area contributed by atoms with E-state index in [9.17, 15) is 38.7 Å². The lowest BCUT2D eigenvalue weighted by molar-refractivity contribution is -0.155. The molecule has 0 spiro atoms. The van der Waals surface area contributed by atoms with E-state index >= 15 is 0 Å². The van der Waals surface area contributed by atoms with Gasteiger partial charge in [-0.3, -0.25) is 28.8 Å². The van der Waals surface area contributed by atoms with Gasteiger partial charge in [0.05, 0.1) is 19.6 Å². The normalized spacial score (nSPS) is 13.4. The zero-order valence-electron chi connectivity index (χ0n) is 22.2. The zero-order chi connectivity index (χ0) is 30.2. The number of nitrogens with two attached hydrogens (primary N) is 1. The Morgan fingerprint density at radius 2 is 1.67 bits per heavy atom. The molecule has 8 N–H and O–H groups in total.